The number of carbonyl (C=O) groups excluding carboxylic acids is 1. The summed E-state index contributed by atoms with van der Waals surface area (Å²) >= 11 is 0. The second-order valence-corrected chi connectivity index (χ2v) is 4.81. The summed E-state index contributed by atoms with van der Waals surface area (Å²) in [6.07, 6.45) is 2.22. The van der Waals surface area contributed by atoms with Crippen molar-refractivity contribution in [2.24, 2.45) is 11.7 Å². The third-order valence-corrected chi connectivity index (χ3v) is 3.52. The van der Waals surface area contributed by atoms with Crippen molar-refractivity contribution in [3.8, 4) is 0 Å². The zero-order valence-electron chi connectivity index (χ0n) is 10.8. The summed E-state index contributed by atoms with van der Waals surface area (Å²) in [6, 6.07) is 7.77. The number of rotatable bonds is 2. The molecule has 1 heterocycles. The van der Waals surface area contributed by atoms with E-state index in [0.717, 1.165) is 37.1 Å². The summed E-state index contributed by atoms with van der Waals surface area (Å²) in [4.78, 5) is 14.3. The van der Waals surface area contributed by atoms with Crippen LogP contribution in [0, 0.1) is 12.8 Å². The molecule has 0 aromatic heterocycles. The molecule has 100 valence electrons. The first-order chi connectivity index (χ1) is 8.22. The molecule has 1 aromatic rings. The highest BCUT2D eigenvalue weighted by atomic mass is 35.5. The molecule has 4 heteroatoms. The first-order valence-electron chi connectivity index (χ1n) is 6.27. The number of hydrogen-bond acceptors (Lipinski definition) is 2. The molecule has 0 radical (unpaired) electrons. The fourth-order valence-corrected chi connectivity index (χ4v) is 2.43. The summed E-state index contributed by atoms with van der Waals surface area (Å²) in [7, 11) is 0. The second-order valence-electron chi connectivity index (χ2n) is 4.81. The van der Waals surface area contributed by atoms with Gasteiger partial charge in [-0.15, -0.1) is 12.4 Å². The molecule has 1 aliphatic heterocycles. The summed E-state index contributed by atoms with van der Waals surface area (Å²) in [5.41, 5.74) is 7.57. The zero-order chi connectivity index (χ0) is 12.3. The Kier molecular flexibility index (Phi) is 5.63. The lowest BCUT2D eigenvalue weighted by Crippen LogP contribution is -2.42. The van der Waals surface area contributed by atoms with Gasteiger partial charge in [0.25, 0.3) is 5.91 Å². The highest BCUT2D eigenvalue weighted by molar-refractivity contribution is 5.95. The van der Waals surface area contributed by atoms with Crippen molar-refractivity contribution < 1.29 is 4.79 Å². The smallest absolute Gasteiger partial charge is 0.254 e. The molecular formula is C14H21ClN2O. The van der Waals surface area contributed by atoms with Gasteiger partial charge in [0.15, 0.2) is 0 Å². The molecule has 0 saturated carbocycles. The average molecular weight is 269 g/mol. The number of hydrogen-bond donors (Lipinski definition) is 1. The second kappa shape index (κ2) is 6.76. The van der Waals surface area contributed by atoms with Crippen LogP contribution in [0.15, 0.2) is 24.3 Å². The summed E-state index contributed by atoms with van der Waals surface area (Å²) < 4.78 is 0. The van der Waals surface area contributed by atoms with E-state index >= 15 is 0 Å². The molecule has 1 aromatic carbocycles. The van der Waals surface area contributed by atoms with E-state index in [2.05, 4.69) is 0 Å². The first kappa shape index (κ1) is 15.0. The van der Waals surface area contributed by atoms with Gasteiger partial charge < -0.3 is 10.6 Å². The van der Waals surface area contributed by atoms with Gasteiger partial charge in [-0.2, -0.15) is 0 Å². The predicted octanol–water partition coefficient (Wildman–Crippen LogP) is 2.23. The fraction of sp³-hybridized carbons (Fsp3) is 0.500. The van der Waals surface area contributed by atoms with E-state index in [9.17, 15) is 4.79 Å². The Labute approximate surface area is 115 Å². The van der Waals surface area contributed by atoms with E-state index in [-0.39, 0.29) is 18.3 Å². The van der Waals surface area contributed by atoms with Crippen molar-refractivity contribution in [2.75, 3.05) is 19.6 Å². The molecule has 1 atom stereocenters. The number of aryl methyl sites for hydroxylation is 1. The number of carbonyl (C=O) groups is 1. The molecule has 1 saturated heterocycles. The van der Waals surface area contributed by atoms with Crippen molar-refractivity contribution in [2.45, 2.75) is 19.8 Å². The van der Waals surface area contributed by atoms with Crippen LogP contribution in [0.3, 0.4) is 0 Å². The van der Waals surface area contributed by atoms with E-state index in [4.69, 9.17) is 5.73 Å². The minimum Gasteiger partial charge on any atom is -0.338 e. The number of benzene rings is 1. The third kappa shape index (κ3) is 3.24. The summed E-state index contributed by atoms with van der Waals surface area (Å²) in [6.45, 7) is 4.34. The van der Waals surface area contributed by atoms with Gasteiger partial charge in [0.1, 0.15) is 0 Å². The molecule has 1 aliphatic rings. The summed E-state index contributed by atoms with van der Waals surface area (Å²) in [5, 5.41) is 0. The molecule has 1 amide bonds. The normalized spacial score (nSPS) is 19.2. The zero-order valence-corrected chi connectivity index (χ0v) is 11.6. The Hall–Kier alpha value is -1.06. The van der Waals surface area contributed by atoms with Crippen molar-refractivity contribution in [1.82, 2.24) is 4.90 Å². The molecule has 0 aliphatic carbocycles. The standard InChI is InChI=1S/C14H20N2O.ClH/c1-11-5-2-3-7-13(11)14(17)16-8-4-6-12(9-15)10-16;/h2-3,5,7,12H,4,6,8-10,15H2,1H3;1H. The van der Waals surface area contributed by atoms with Crippen LogP contribution < -0.4 is 5.73 Å². The number of amides is 1. The van der Waals surface area contributed by atoms with Crippen LogP contribution in [0.5, 0.6) is 0 Å². The monoisotopic (exact) mass is 268 g/mol. The Balaban J connectivity index is 0.00000162. The lowest BCUT2D eigenvalue weighted by molar-refractivity contribution is 0.0677. The van der Waals surface area contributed by atoms with Crippen molar-refractivity contribution in [1.29, 1.82) is 0 Å². The highest BCUT2D eigenvalue weighted by Gasteiger charge is 2.24. The third-order valence-electron chi connectivity index (χ3n) is 3.52. The van der Waals surface area contributed by atoms with E-state index < -0.39 is 0 Å². The van der Waals surface area contributed by atoms with Gasteiger partial charge in [0.05, 0.1) is 0 Å². The van der Waals surface area contributed by atoms with Gasteiger partial charge >= 0.3 is 0 Å². The molecule has 2 N–H and O–H groups in total. The van der Waals surface area contributed by atoms with Gasteiger partial charge in [0.2, 0.25) is 0 Å². The maximum Gasteiger partial charge on any atom is 0.254 e. The Morgan fingerprint density at radius 3 is 2.83 bits per heavy atom. The van der Waals surface area contributed by atoms with Gasteiger partial charge in [0, 0.05) is 18.7 Å². The number of nitrogens with zero attached hydrogens (tertiary/aromatic N) is 1. The van der Waals surface area contributed by atoms with Crippen molar-refractivity contribution >= 4 is 18.3 Å². The maximum atomic E-state index is 12.4. The van der Waals surface area contributed by atoms with Crippen LogP contribution in [0.1, 0.15) is 28.8 Å². The Morgan fingerprint density at radius 2 is 2.17 bits per heavy atom. The van der Waals surface area contributed by atoms with Gasteiger partial charge in [-0.25, -0.2) is 0 Å². The lowest BCUT2D eigenvalue weighted by atomic mass is 9.97. The van der Waals surface area contributed by atoms with E-state index in [1.807, 2.05) is 36.1 Å². The summed E-state index contributed by atoms with van der Waals surface area (Å²) in [5.74, 6) is 0.623. The van der Waals surface area contributed by atoms with Crippen molar-refractivity contribution in [3.05, 3.63) is 35.4 Å². The minimum atomic E-state index is 0. The molecule has 3 nitrogen and oxygen atoms in total. The van der Waals surface area contributed by atoms with Gasteiger partial charge in [-0.05, 0) is 43.9 Å². The van der Waals surface area contributed by atoms with Crippen LogP contribution in [0.2, 0.25) is 0 Å². The molecule has 1 fully saturated rings. The van der Waals surface area contributed by atoms with Crippen LogP contribution in [0.4, 0.5) is 0 Å². The van der Waals surface area contributed by atoms with Gasteiger partial charge in [-0.3, -0.25) is 4.79 Å². The van der Waals surface area contributed by atoms with E-state index in [1.165, 1.54) is 0 Å². The number of piperidine rings is 1. The molecule has 18 heavy (non-hydrogen) atoms. The maximum absolute atomic E-state index is 12.4. The van der Waals surface area contributed by atoms with E-state index in [0.29, 0.717) is 12.5 Å². The largest absolute Gasteiger partial charge is 0.338 e. The highest BCUT2D eigenvalue weighted by Crippen LogP contribution is 2.19. The topological polar surface area (TPSA) is 46.3 Å². The molecule has 2 rings (SSSR count). The minimum absolute atomic E-state index is 0. The number of halogens is 1. The van der Waals surface area contributed by atoms with Crippen LogP contribution in [0.25, 0.3) is 0 Å². The SMILES string of the molecule is Cc1ccccc1C(=O)N1CCCC(CN)C1.Cl. The average Bonchev–Trinajstić information content (AvgIpc) is 2.38. The predicted molar refractivity (Wildman–Crippen MR) is 76.1 cm³/mol. The van der Waals surface area contributed by atoms with Crippen LogP contribution >= 0.6 is 12.4 Å². The van der Waals surface area contributed by atoms with Crippen LogP contribution in [-0.2, 0) is 0 Å². The first-order valence-corrected chi connectivity index (χ1v) is 6.27. The van der Waals surface area contributed by atoms with E-state index in [1.54, 1.807) is 0 Å². The molecular weight excluding hydrogens is 248 g/mol. The molecule has 1 unspecified atom stereocenters. The van der Waals surface area contributed by atoms with Crippen LogP contribution in [-0.4, -0.2) is 30.4 Å². The molecule has 0 spiro atoms. The number of likely N-dealkylation sites (tertiary alicyclic amines) is 1. The quantitative estimate of drug-likeness (QED) is 0.894. The Morgan fingerprint density at radius 1 is 1.44 bits per heavy atom. The fourth-order valence-electron chi connectivity index (χ4n) is 2.43. The van der Waals surface area contributed by atoms with Gasteiger partial charge in [-0.1, -0.05) is 18.2 Å². The number of nitrogens with two attached hydrogens (primary N) is 1. The lowest BCUT2D eigenvalue weighted by Gasteiger charge is -2.32. The van der Waals surface area contributed by atoms with Crippen molar-refractivity contribution in [3.63, 3.8) is 0 Å². The Bertz CT molecular complexity index is 409. The molecule has 0 bridgehead atoms.